The topological polar surface area (TPSA) is 83.5 Å². The summed E-state index contributed by atoms with van der Waals surface area (Å²) in [5.74, 6) is 0. The Morgan fingerprint density at radius 3 is 2.05 bits per heavy atom. The smallest absolute Gasteiger partial charge is 0.153 e. The van der Waals surface area contributed by atoms with Crippen LogP contribution in [0.3, 0.4) is 0 Å². The van der Waals surface area contributed by atoms with Crippen molar-refractivity contribution in [3.05, 3.63) is 127 Å². The van der Waals surface area contributed by atoms with Crippen LogP contribution in [0.1, 0.15) is 11.1 Å². The Labute approximate surface area is 244 Å². The van der Waals surface area contributed by atoms with Crippen molar-refractivity contribution in [3.8, 4) is 23.5 Å². The molecule has 43 heavy (non-hydrogen) atoms. The maximum absolute atomic E-state index is 10.3. The van der Waals surface area contributed by atoms with E-state index in [4.69, 9.17) is 9.40 Å². The summed E-state index contributed by atoms with van der Waals surface area (Å²) in [7, 11) is 0. The summed E-state index contributed by atoms with van der Waals surface area (Å²) >= 11 is 0. The molecule has 0 spiro atoms. The predicted octanol–water partition coefficient (Wildman–Crippen LogP) is 8.92. The van der Waals surface area contributed by atoms with Gasteiger partial charge in [0.15, 0.2) is 5.58 Å². The molecule has 5 aromatic carbocycles. The lowest BCUT2D eigenvalue weighted by Crippen LogP contribution is -2.00. The first kappa shape index (κ1) is 23.3. The number of pyridine rings is 1. The molecule has 0 aliphatic rings. The Morgan fingerprint density at radius 1 is 0.558 bits per heavy atom. The van der Waals surface area contributed by atoms with E-state index >= 15 is 0 Å². The van der Waals surface area contributed by atoms with Gasteiger partial charge < -0.3 is 13.6 Å². The first-order valence-corrected chi connectivity index (χ1v) is 13.9. The zero-order valence-corrected chi connectivity index (χ0v) is 22.6. The van der Waals surface area contributed by atoms with Gasteiger partial charge in [-0.25, -0.2) is 0 Å². The van der Waals surface area contributed by atoms with Crippen LogP contribution >= 0.6 is 0 Å². The highest BCUT2D eigenvalue weighted by molar-refractivity contribution is 6.23. The van der Waals surface area contributed by atoms with Gasteiger partial charge in [0.2, 0.25) is 0 Å². The third kappa shape index (κ3) is 3.18. The summed E-state index contributed by atoms with van der Waals surface area (Å²) in [5.41, 5.74) is 9.15. The van der Waals surface area contributed by atoms with Crippen molar-refractivity contribution in [2.75, 3.05) is 0 Å². The zero-order chi connectivity index (χ0) is 28.7. The van der Waals surface area contributed by atoms with E-state index in [-0.39, 0.29) is 0 Å². The molecule has 4 aromatic heterocycles. The van der Waals surface area contributed by atoms with Crippen LogP contribution in [0.5, 0.6) is 0 Å². The lowest BCUT2D eigenvalue weighted by molar-refractivity contribution is 0.668. The third-order valence-corrected chi connectivity index (χ3v) is 8.38. The fourth-order valence-corrected chi connectivity index (χ4v) is 6.64. The van der Waals surface area contributed by atoms with Gasteiger partial charge in [-0.1, -0.05) is 36.4 Å². The summed E-state index contributed by atoms with van der Waals surface area (Å²) in [6.07, 6.45) is 1.79. The van der Waals surface area contributed by atoms with Crippen molar-refractivity contribution < 1.29 is 4.42 Å². The molecule has 9 rings (SSSR count). The van der Waals surface area contributed by atoms with Gasteiger partial charge in [-0.05, 0) is 72.8 Å². The zero-order valence-electron chi connectivity index (χ0n) is 22.6. The highest BCUT2D eigenvalue weighted by Crippen LogP contribution is 2.41. The van der Waals surface area contributed by atoms with Gasteiger partial charge in [-0.15, -0.1) is 0 Å². The molecule has 0 saturated carbocycles. The maximum atomic E-state index is 10.3. The van der Waals surface area contributed by atoms with Crippen molar-refractivity contribution in [2.24, 2.45) is 0 Å². The Balaban J connectivity index is 1.43. The molecule has 4 heterocycles. The van der Waals surface area contributed by atoms with Gasteiger partial charge in [-0.2, -0.15) is 10.5 Å². The van der Waals surface area contributed by atoms with Crippen LogP contribution in [0.25, 0.3) is 77.1 Å². The number of hydrogen-bond donors (Lipinski definition) is 0. The lowest BCUT2D eigenvalue weighted by atomic mass is 10.1. The first-order valence-electron chi connectivity index (χ1n) is 13.9. The number of benzene rings is 5. The first-order chi connectivity index (χ1) is 21.2. The molecule has 0 amide bonds. The van der Waals surface area contributed by atoms with E-state index in [1.165, 1.54) is 0 Å². The van der Waals surface area contributed by atoms with Crippen LogP contribution in [-0.2, 0) is 0 Å². The molecule has 0 atom stereocenters. The molecular formula is C37H19N5O. The number of nitrogens with zero attached hydrogens (tertiary/aromatic N) is 5. The summed E-state index contributed by atoms with van der Waals surface area (Å²) < 4.78 is 10.6. The molecule has 6 heteroatoms. The van der Waals surface area contributed by atoms with Crippen molar-refractivity contribution in [1.82, 2.24) is 14.1 Å². The minimum Gasteiger partial charge on any atom is -0.454 e. The average Bonchev–Trinajstić information content (AvgIpc) is 3.71. The molecule has 6 nitrogen and oxygen atoms in total. The van der Waals surface area contributed by atoms with Gasteiger partial charge in [0.05, 0.1) is 50.7 Å². The van der Waals surface area contributed by atoms with Crippen LogP contribution < -0.4 is 0 Å². The summed E-state index contributed by atoms with van der Waals surface area (Å²) in [6, 6.07) is 40.9. The van der Waals surface area contributed by atoms with E-state index < -0.39 is 0 Å². The second kappa shape index (κ2) is 8.57. The van der Waals surface area contributed by atoms with Crippen molar-refractivity contribution in [1.29, 1.82) is 10.5 Å². The van der Waals surface area contributed by atoms with Crippen LogP contribution in [0.15, 0.2) is 120 Å². The minimum absolute atomic E-state index is 0.542. The van der Waals surface area contributed by atoms with Gasteiger partial charge in [-0.3, -0.25) is 4.98 Å². The Kier molecular flexibility index (Phi) is 4.65. The summed E-state index contributed by atoms with van der Waals surface area (Å²) in [5, 5.41) is 25.0. The van der Waals surface area contributed by atoms with E-state index in [2.05, 4.69) is 57.7 Å². The van der Waals surface area contributed by atoms with E-state index in [1.54, 1.807) is 6.20 Å². The molecule has 198 valence electrons. The van der Waals surface area contributed by atoms with Crippen LogP contribution in [-0.4, -0.2) is 14.1 Å². The van der Waals surface area contributed by atoms with E-state index in [0.29, 0.717) is 11.1 Å². The molecule has 9 aromatic rings. The summed E-state index contributed by atoms with van der Waals surface area (Å²) in [6.45, 7) is 0. The number of nitriles is 2. The number of hydrogen-bond acceptors (Lipinski definition) is 4. The fourth-order valence-electron chi connectivity index (χ4n) is 6.64. The molecule has 0 fully saturated rings. The number of aromatic nitrogens is 3. The molecular weight excluding hydrogens is 530 g/mol. The van der Waals surface area contributed by atoms with Crippen LogP contribution in [0.4, 0.5) is 0 Å². The van der Waals surface area contributed by atoms with Crippen molar-refractivity contribution >= 4 is 65.7 Å². The van der Waals surface area contributed by atoms with Crippen LogP contribution in [0.2, 0.25) is 0 Å². The molecule has 0 N–H and O–H groups in total. The third-order valence-electron chi connectivity index (χ3n) is 8.38. The number of rotatable bonds is 2. The van der Waals surface area contributed by atoms with E-state index in [1.807, 2.05) is 72.8 Å². The number of furan rings is 1. The quantitative estimate of drug-likeness (QED) is 0.215. The maximum Gasteiger partial charge on any atom is 0.153 e. The lowest BCUT2D eigenvalue weighted by Gasteiger charge is -2.14. The van der Waals surface area contributed by atoms with Gasteiger partial charge in [0, 0.05) is 39.1 Å². The highest BCUT2D eigenvalue weighted by Gasteiger charge is 2.21. The van der Waals surface area contributed by atoms with Crippen molar-refractivity contribution in [2.45, 2.75) is 0 Å². The second-order valence-corrected chi connectivity index (χ2v) is 10.7. The van der Waals surface area contributed by atoms with Gasteiger partial charge >= 0.3 is 0 Å². The van der Waals surface area contributed by atoms with E-state index in [0.717, 1.165) is 77.1 Å². The Morgan fingerprint density at radius 2 is 1.26 bits per heavy atom. The fraction of sp³-hybridized carbons (Fsp3) is 0. The second-order valence-electron chi connectivity index (χ2n) is 10.7. The number of para-hydroxylation sites is 2. The highest BCUT2D eigenvalue weighted by atomic mass is 16.3. The Hall–Kier alpha value is -6.37. The minimum atomic E-state index is 0.542. The molecule has 0 saturated heterocycles. The SMILES string of the molecule is N#Cc1cc(-n2c3ccccc3c3cc(C#N)ccc32)cc(-n2c3ccccc3c3ccc4oc5cccnc5c4c32)c1. The standard InChI is InChI=1S/C37H19N5O/c38-20-22-11-13-32-29(18-22)27-7-2-3-8-30(27)41(32)24-16-23(21-39)17-25(19-24)42-31-9-4-1-6-26(31)28-12-14-33-35(37(28)42)36-34(43-33)10-5-15-40-36/h1-19H. The van der Waals surface area contributed by atoms with E-state index in [9.17, 15) is 10.5 Å². The molecule has 0 aliphatic heterocycles. The van der Waals surface area contributed by atoms with Gasteiger partial charge in [0.1, 0.15) is 11.1 Å². The number of fused-ring (bicyclic) bond motifs is 10. The molecule has 0 unspecified atom stereocenters. The normalized spacial score (nSPS) is 11.7. The van der Waals surface area contributed by atoms with Crippen molar-refractivity contribution in [3.63, 3.8) is 0 Å². The predicted molar refractivity (Wildman–Crippen MR) is 170 cm³/mol. The van der Waals surface area contributed by atoms with Crippen LogP contribution in [0, 0.1) is 22.7 Å². The Bertz CT molecular complexity index is 2710. The summed E-state index contributed by atoms with van der Waals surface area (Å²) in [4.78, 5) is 4.71. The van der Waals surface area contributed by atoms with Gasteiger partial charge in [0.25, 0.3) is 0 Å². The molecule has 0 radical (unpaired) electrons. The monoisotopic (exact) mass is 549 g/mol. The molecule has 0 aliphatic carbocycles. The average molecular weight is 550 g/mol. The largest absolute Gasteiger partial charge is 0.454 e. The molecule has 0 bridgehead atoms.